The zero-order valence-electron chi connectivity index (χ0n) is 12.1. The van der Waals surface area contributed by atoms with Gasteiger partial charge in [-0.05, 0) is 32.1 Å². The number of hydrogen-bond donors (Lipinski definition) is 1. The van der Waals surface area contributed by atoms with Crippen LogP contribution < -0.4 is 5.73 Å². The Labute approximate surface area is 114 Å². The maximum atomic E-state index is 12.6. The van der Waals surface area contributed by atoms with Gasteiger partial charge in [0.25, 0.3) is 5.91 Å². The lowest BCUT2D eigenvalue weighted by Gasteiger charge is -2.22. The van der Waals surface area contributed by atoms with Gasteiger partial charge in [-0.2, -0.15) is 5.10 Å². The molecule has 1 fully saturated rings. The van der Waals surface area contributed by atoms with E-state index in [9.17, 15) is 4.79 Å². The topological polar surface area (TPSA) is 64.2 Å². The second-order valence-electron chi connectivity index (χ2n) is 5.70. The normalized spacial score (nSPS) is 14.9. The summed E-state index contributed by atoms with van der Waals surface area (Å²) in [5.74, 6) is 0.590. The van der Waals surface area contributed by atoms with E-state index in [2.05, 4.69) is 18.9 Å². The molecule has 0 aliphatic heterocycles. The fourth-order valence-electron chi connectivity index (χ4n) is 2.13. The van der Waals surface area contributed by atoms with Crippen LogP contribution in [-0.2, 0) is 6.54 Å². The molecule has 19 heavy (non-hydrogen) atoms. The van der Waals surface area contributed by atoms with Gasteiger partial charge in [0.2, 0.25) is 0 Å². The number of rotatable bonds is 6. The van der Waals surface area contributed by atoms with Gasteiger partial charge in [0, 0.05) is 25.3 Å². The van der Waals surface area contributed by atoms with Crippen molar-refractivity contribution in [2.45, 2.75) is 52.6 Å². The summed E-state index contributed by atoms with van der Waals surface area (Å²) >= 11 is 0. The molecule has 0 radical (unpaired) electrons. The molecule has 2 rings (SSSR count). The number of anilines is 1. The molecule has 106 valence electrons. The van der Waals surface area contributed by atoms with E-state index in [0.717, 1.165) is 32.4 Å². The first kappa shape index (κ1) is 13.9. The number of carbonyl (C=O) groups is 1. The molecular weight excluding hydrogens is 240 g/mol. The molecule has 1 saturated carbocycles. The number of carbonyl (C=O) groups excluding carboxylic acids is 1. The van der Waals surface area contributed by atoms with Gasteiger partial charge in [-0.25, -0.2) is 0 Å². The minimum Gasteiger partial charge on any atom is -0.396 e. The van der Waals surface area contributed by atoms with E-state index in [1.807, 2.05) is 11.8 Å². The molecule has 0 atom stereocenters. The van der Waals surface area contributed by atoms with Crippen LogP contribution in [0.1, 0.15) is 50.5 Å². The maximum Gasteiger partial charge on any atom is 0.276 e. The van der Waals surface area contributed by atoms with Gasteiger partial charge in [0.15, 0.2) is 5.69 Å². The molecule has 1 aromatic heterocycles. The number of hydrogen-bond acceptors (Lipinski definition) is 3. The van der Waals surface area contributed by atoms with Gasteiger partial charge in [0.1, 0.15) is 0 Å². The van der Waals surface area contributed by atoms with Crippen molar-refractivity contribution >= 4 is 11.6 Å². The molecule has 1 aliphatic carbocycles. The predicted octanol–water partition coefficient (Wildman–Crippen LogP) is 2.14. The summed E-state index contributed by atoms with van der Waals surface area (Å²) < 4.78 is 1.72. The number of nitrogens with zero attached hydrogens (tertiary/aromatic N) is 3. The van der Waals surface area contributed by atoms with E-state index in [1.54, 1.807) is 10.9 Å². The summed E-state index contributed by atoms with van der Waals surface area (Å²) in [6.45, 7) is 7.87. The van der Waals surface area contributed by atoms with Crippen LogP contribution in [0.15, 0.2) is 6.20 Å². The van der Waals surface area contributed by atoms with Gasteiger partial charge in [-0.3, -0.25) is 9.48 Å². The molecule has 0 aromatic carbocycles. The fraction of sp³-hybridized carbons (Fsp3) is 0.714. The molecule has 0 spiro atoms. The highest BCUT2D eigenvalue weighted by Gasteiger charge is 2.34. The summed E-state index contributed by atoms with van der Waals surface area (Å²) in [6.07, 6.45) is 4.98. The van der Waals surface area contributed by atoms with Gasteiger partial charge >= 0.3 is 0 Å². The number of nitrogen functional groups attached to an aromatic ring is 1. The Bertz CT molecular complexity index is 448. The quantitative estimate of drug-likeness (QED) is 0.856. The highest BCUT2D eigenvalue weighted by Crippen LogP contribution is 2.29. The lowest BCUT2D eigenvalue weighted by Crippen LogP contribution is -2.35. The van der Waals surface area contributed by atoms with Crippen molar-refractivity contribution in [2.24, 2.45) is 5.92 Å². The molecule has 1 aliphatic rings. The van der Waals surface area contributed by atoms with Gasteiger partial charge in [-0.15, -0.1) is 0 Å². The first-order chi connectivity index (χ1) is 9.02. The van der Waals surface area contributed by atoms with Crippen LogP contribution in [0.3, 0.4) is 0 Å². The second kappa shape index (κ2) is 5.63. The molecule has 0 saturated heterocycles. The molecule has 2 N–H and O–H groups in total. The third kappa shape index (κ3) is 3.28. The summed E-state index contributed by atoms with van der Waals surface area (Å²) in [6, 6.07) is 0.400. The Morgan fingerprint density at radius 2 is 2.26 bits per heavy atom. The van der Waals surface area contributed by atoms with E-state index in [0.29, 0.717) is 23.3 Å². The van der Waals surface area contributed by atoms with E-state index in [4.69, 9.17) is 5.73 Å². The summed E-state index contributed by atoms with van der Waals surface area (Å²) in [7, 11) is 0. The zero-order valence-corrected chi connectivity index (χ0v) is 12.1. The van der Waals surface area contributed by atoms with Gasteiger partial charge in [-0.1, -0.05) is 13.8 Å². The van der Waals surface area contributed by atoms with Crippen molar-refractivity contribution < 1.29 is 4.79 Å². The largest absolute Gasteiger partial charge is 0.396 e. The van der Waals surface area contributed by atoms with E-state index >= 15 is 0 Å². The molecular formula is C14H24N4O. The Hall–Kier alpha value is -1.52. The SMILES string of the molecule is CCn1cc(N)c(C(=O)N(CCC(C)C)C2CC2)n1. The number of aromatic nitrogens is 2. The number of amides is 1. The number of aryl methyl sites for hydroxylation is 1. The average molecular weight is 264 g/mol. The van der Waals surface area contributed by atoms with Crippen LogP contribution >= 0.6 is 0 Å². The van der Waals surface area contributed by atoms with Crippen molar-refractivity contribution in [2.75, 3.05) is 12.3 Å². The van der Waals surface area contributed by atoms with Crippen LogP contribution in [-0.4, -0.2) is 33.2 Å². The second-order valence-corrected chi connectivity index (χ2v) is 5.70. The Kier molecular flexibility index (Phi) is 4.12. The third-order valence-electron chi connectivity index (χ3n) is 3.51. The smallest absolute Gasteiger partial charge is 0.276 e. The fourth-order valence-corrected chi connectivity index (χ4v) is 2.13. The molecule has 0 unspecified atom stereocenters. The predicted molar refractivity (Wildman–Crippen MR) is 75.8 cm³/mol. The summed E-state index contributed by atoms with van der Waals surface area (Å²) in [4.78, 5) is 14.5. The van der Waals surface area contributed by atoms with E-state index in [1.165, 1.54) is 0 Å². The monoisotopic (exact) mass is 264 g/mol. The van der Waals surface area contributed by atoms with E-state index in [-0.39, 0.29) is 5.91 Å². The molecule has 5 nitrogen and oxygen atoms in total. The van der Waals surface area contributed by atoms with Crippen molar-refractivity contribution in [1.82, 2.24) is 14.7 Å². The first-order valence-electron chi connectivity index (χ1n) is 7.16. The van der Waals surface area contributed by atoms with Crippen LogP contribution in [0.2, 0.25) is 0 Å². The Balaban J connectivity index is 2.11. The minimum absolute atomic E-state index is 0.00662. The van der Waals surface area contributed by atoms with E-state index < -0.39 is 0 Å². The lowest BCUT2D eigenvalue weighted by molar-refractivity contribution is 0.0729. The summed E-state index contributed by atoms with van der Waals surface area (Å²) in [5.41, 5.74) is 6.80. The Morgan fingerprint density at radius 3 is 2.74 bits per heavy atom. The highest BCUT2D eigenvalue weighted by atomic mass is 16.2. The highest BCUT2D eigenvalue weighted by molar-refractivity contribution is 5.97. The van der Waals surface area contributed by atoms with Crippen molar-refractivity contribution in [3.05, 3.63) is 11.9 Å². The number of nitrogens with two attached hydrogens (primary N) is 1. The molecule has 1 amide bonds. The first-order valence-corrected chi connectivity index (χ1v) is 7.16. The summed E-state index contributed by atoms with van der Waals surface area (Å²) in [5, 5.41) is 4.29. The molecule has 1 aromatic rings. The zero-order chi connectivity index (χ0) is 14.0. The lowest BCUT2D eigenvalue weighted by atomic mass is 10.1. The average Bonchev–Trinajstić information content (AvgIpc) is 3.11. The third-order valence-corrected chi connectivity index (χ3v) is 3.51. The molecule has 1 heterocycles. The standard InChI is InChI=1S/C14H24N4O/c1-4-17-9-12(15)13(16-17)14(19)18(11-5-6-11)8-7-10(2)3/h9-11H,4-8,15H2,1-3H3. The van der Waals surface area contributed by atoms with Gasteiger partial charge in [0.05, 0.1) is 5.69 Å². The van der Waals surface area contributed by atoms with Crippen molar-refractivity contribution in [3.63, 3.8) is 0 Å². The Morgan fingerprint density at radius 1 is 1.58 bits per heavy atom. The molecule has 5 heteroatoms. The van der Waals surface area contributed by atoms with Gasteiger partial charge < -0.3 is 10.6 Å². The maximum absolute atomic E-state index is 12.6. The van der Waals surface area contributed by atoms with Crippen LogP contribution in [0, 0.1) is 5.92 Å². The van der Waals surface area contributed by atoms with Crippen LogP contribution in [0.25, 0.3) is 0 Å². The molecule has 0 bridgehead atoms. The minimum atomic E-state index is -0.00662. The van der Waals surface area contributed by atoms with Crippen molar-refractivity contribution in [1.29, 1.82) is 0 Å². The van der Waals surface area contributed by atoms with Crippen molar-refractivity contribution in [3.8, 4) is 0 Å². The van der Waals surface area contributed by atoms with Crippen LogP contribution in [0.4, 0.5) is 5.69 Å². The van der Waals surface area contributed by atoms with Crippen LogP contribution in [0.5, 0.6) is 0 Å².